The van der Waals surface area contributed by atoms with Crippen molar-refractivity contribution in [1.29, 1.82) is 0 Å². The summed E-state index contributed by atoms with van der Waals surface area (Å²) in [6.07, 6.45) is 2.07. The molecule has 1 aliphatic heterocycles. The molecule has 1 aromatic heterocycles. The predicted octanol–water partition coefficient (Wildman–Crippen LogP) is 2.21. The summed E-state index contributed by atoms with van der Waals surface area (Å²) in [6, 6.07) is 7.00. The van der Waals surface area contributed by atoms with Crippen LogP contribution in [0.5, 0.6) is 0 Å². The van der Waals surface area contributed by atoms with Gasteiger partial charge >= 0.3 is 0 Å². The molecule has 7 nitrogen and oxygen atoms in total. The number of fused-ring (bicyclic) bond motifs is 1. The number of nitrogens with zero attached hydrogens (tertiary/aromatic N) is 3. The molecule has 23 heavy (non-hydrogen) atoms. The molecule has 4 rings (SSSR count). The molecule has 0 spiro atoms. The Balaban J connectivity index is 1.65. The second-order valence-electron chi connectivity index (χ2n) is 5.79. The Morgan fingerprint density at radius 3 is 2.74 bits per heavy atom. The van der Waals surface area contributed by atoms with E-state index in [0.717, 1.165) is 18.4 Å². The molecule has 2 aromatic rings. The zero-order chi connectivity index (χ0) is 16.0. The lowest BCUT2D eigenvalue weighted by atomic mass is 10.0. The Bertz CT molecular complexity index is 782. The Morgan fingerprint density at radius 2 is 2.04 bits per heavy atom. The van der Waals surface area contributed by atoms with Gasteiger partial charge in [0.05, 0.1) is 12.5 Å². The summed E-state index contributed by atoms with van der Waals surface area (Å²) >= 11 is 5.91. The van der Waals surface area contributed by atoms with Crippen LogP contribution in [0.25, 0.3) is 0 Å². The molecule has 1 atom stereocenters. The number of halogens is 1. The van der Waals surface area contributed by atoms with Crippen LogP contribution in [-0.4, -0.2) is 26.6 Å². The number of nitrogens with one attached hydrogen (secondary N) is 2. The number of carbonyl (C=O) groups is 2. The van der Waals surface area contributed by atoms with E-state index in [1.54, 1.807) is 16.8 Å². The van der Waals surface area contributed by atoms with Crippen molar-refractivity contribution in [2.45, 2.75) is 25.3 Å². The molecule has 1 fully saturated rings. The Kier molecular flexibility index (Phi) is 3.30. The van der Waals surface area contributed by atoms with Gasteiger partial charge in [0, 0.05) is 10.9 Å². The van der Waals surface area contributed by atoms with Crippen LogP contribution in [0.2, 0.25) is 5.02 Å². The SMILES string of the molecule is O=C1C[C@H](c2ccc(Cl)cc2)n2nc(NC(=O)C3CC3)nc2N1. The quantitative estimate of drug-likeness (QED) is 0.902. The number of amides is 2. The van der Waals surface area contributed by atoms with Gasteiger partial charge in [-0.25, -0.2) is 4.68 Å². The molecule has 0 unspecified atom stereocenters. The Morgan fingerprint density at radius 1 is 1.30 bits per heavy atom. The van der Waals surface area contributed by atoms with Crippen LogP contribution in [-0.2, 0) is 9.59 Å². The van der Waals surface area contributed by atoms with E-state index in [2.05, 4.69) is 20.7 Å². The Labute approximate surface area is 137 Å². The molecule has 2 aliphatic rings. The average Bonchev–Trinajstić information content (AvgIpc) is 3.29. The molecule has 2 N–H and O–H groups in total. The summed E-state index contributed by atoms with van der Waals surface area (Å²) in [7, 11) is 0. The van der Waals surface area contributed by atoms with Gasteiger partial charge in [0.25, 0.3) is 5.95 Å². The van der Waals surface area contributed by atoms with Crippen molar-refractivity contribution in [1.82, 2.24) is 14.8 Å². The minimum atomic E-state index is -0.268. The number of benzene rings is 1. The summed E-state index contributed by atoms with van der Waals surface area (Å²) in [5.41, 5.74) is 0.912. The number of carbonyl (C=O) groups excluding carboxylic acids is 2. The molecule has 0 saturated heterocycles. The van der Waals surface area contributed by atoms with E-state index < -0.39 is 0 Å². The summed E-state index contributed by atoms with van der Waals surface area (Å²) < 4.78 is 1.63. The lowest BCUT2D eigenvalue weighted by Gasteiger charge is -2.23. The summed E-state index contributed by atoms with van der Waals surface area (Å²) in [4.78, 5) is 28.0. The van der Waals surface area contributed by atoms with Crippen molar-refractivity contribution < 1.29 is 9.59 Å². The number of anilines is 2. The third-order valence-electron chi connectivity index (χ3n) is 3.99. The standard InChI is InChI=1S/C15H14ClN5O2/c16-10-5-3-8(4-6-10)11-7-12(22)17-15-19-14(20-21(11)15)18-13(23)9-1-2-9/h3-6,9,11H,1-2,7H2,(H2,17,18,19,20,22,23)/t11-/m1/s1. The normalized spacial score (nSPS) is 19.9. The van der Waals surface area contributed by atoms with Gasteiger partial charge in [0.15, 0.2) is 0 Å². The van der Waals surface area contributed by atoms with Crippen LogP contribution in [0.4, 0.5) is 11.9 Å². The first-order valence-electron chi connectivity index (χ1n) is 7.43. The number of hydrogen-bond donors (Lipinski definition) is 2. The van der Waals surface area contributed by atoms with Gasteiger partial charge in [-0.05, 0) is 30.5 Å². The van der Waals surface area contributed by atoms with Crippen molar-refractivity contribution in [2.24, 2.45) is 5.92 Å². The van der Waals surface area contributed by atoms with E-state index >= 15 is 0 Å². The molecule has 0 radical (unpaired) electrons. The molecule has 1 aliphatic carbocycles. The minimum absolute atomic E-state index is 0.0668. The van der Waals surface area contributed by atoms with Gasteiger partial charge in [-0.2, -0.15) is 4.98 Å². The van der Waals surface area contributed by atoms with Gasteiger partial charge in [0.2, 0.25) is 17.8 Å². The van der Waals surface area contributed by atoms with Crippen LogP contribution >= 0.6 is 11.6 Å². The van der Waals surface area contributed by atoms with Crippen LogP contribution in [0.3, 0.4) is 0 Å². The third-order valence-corrected chi connectivity index (χ3v) is 4.25. The van der Waals surface area contributed by atoms with Crippen LogP contribution < -0.4 is 10.6 Å². The lowest BCUT2D eigenvalue weighted by molar-refractivity contribution is -0.118. The zero-order valence-electron chi connectivity index (χ0n) is 12.1. The molecule has 8 heteroatoms. The van der Waals surface area contributed by atoms with E-state index in [1.165, 1.54) is 0 Å². The smallest absolute Gasteiger partial charge is 0.250 e. The fourth-order valence-corrected chi connectivity index (χ4v) is 2.74. The monoisotopic (exact) mass is 331 g/mol. The van der Waals surface area contributed by atoms with Gasteiger partial charge in [-0.15, -0.1) is 5.10 Å². The second kappa shape index (κ2) is 5.34. The molecular formula is C15H14ClN5O2. The van der Waals surface area contributed by atoms with Crippen molar-refractivity contribution in [3.8, 4) is 0 Å². The molecule has 1 saturated carbocycles. The summed E-state index contributed by atoms with van der Waals surface area (Å²) in [6.45, 7) is 0. The van der Waals surface area contributed by atoms with Gasteiger partial charge in [-0.1, -0.05) is 23.7 Å². The van der Waals surface area contributed by atoms with Crippen LogP contribution in [0.15, 0.2) is 24.3 Å². The highest BCUT2D eigenvalue weighted by atomic mass is 35.5. The molecule has 118 valence electrons. The van der Waals surface area contributed by atoms with Crippen molar-refractivity contribution in [2.75, 3.05) is 10.6 Å². The van der Waals surface area contributed by atoms with Crippen LogP contribution in [0.1, 0.15) is 30.9 Å². The van der Waals surface area contributed by atoms with Crippen molar-refractivity contribution in [3.05, 3.63) is 34.9 Å². The molecule has 2 amide bonds. The second-order valence-corrected chi connectivity index (χ2v) is 6.22. The van der Waals surface area contributed by atoms with E-state index in [9.17, 15) is 9.59 Å². The minimum Gasteiger partial charge on any atom is -0.295 e. The number of aromatic nitrogens is 3. The predicted molar refractivity (Wildman–Crippen MR) is 84.2 cm³/mol. The zero-order valence-corrected chi connectivity index (χ0v) is 12.9. The van der Waals surface area contributed by atoms with E-state index in [4.69, 9.17) is 11.6 Å². The largest absolute Gasteiger partial charge is 0.295 e. The highest BCUT2D eigenvalue weighted by Crippen LogP contribution is 2.32. The number of rotatable bonds is 3. The first kappa shape index (κ1) is 14.2. The highest BCUT2D eigenvalue weighted by Gasteiger charge is 2.32. The third kappa shape index (κ3) is 2.79. The summed E-state index contributed by atoms with van der Waals surface area (Å²) in [5, 5.41) is 10.4. The number of hydrogen-bond acceptors (Lipinski definition) is 4. The van der Waals surface area contributed by atoms with Crippen molar-refractivity contribution in [3.63, 3.8) is 0 Å². The maximum atomic E-state index is 11.9. The van der Waals surface area contributed by atoms with E-state index in [0.29, 0.717) is 11.0 Å². The first-order chi connectivity index (χ1) is 11.1. The molecule has 2 heterocycles. The fraction of sp³-hybridized carbons (Fsp3) is 0.333. The van der Waals surface area contributed by atoms with Gasteiger partial charge in [0.1, 0.15) is 0 Å². The lowest BCUT2D eigenvalue weighted by Crippen LogP contribution is -2.29. The fourth-order valence-electron chi connectivity index (χ4n) is 2.62. The van der Waals surface area contributed by atoms with Crippen LogP contribution in [0, 0.1) is 5.92 Å². The topological polar surface area (TPSA) is 88.9 Å². The van der Waals surface area contributed by atoms with Gasteiger partial charge in [-0.3, -0.25) is 20.2 Å². The molecular weight excluding hydrogens is 318 g/mol. The Hall–Kier alpha value is -2.41. The maximum absolute atomic E-state index is 11.9. The maximum Gasteiger partial charge on any atom is 0.250 e. The van der Waals surface area contributed by atoms with E-state index in [1.807, 2.05) is 12.1 Å². The first-order valence-corrected chi connectivity index (χ1v) is 7.80. The van der Waals surface area contributed by atoms with Gasteiger partial charge < -0.3 is 0 Å². The van der Waals surface area contributed by atoms with Crippen molar-refractivity contribution >= 4 is 35.3 Å². The highest BCUT2D eigenvalue weighted by molar-refractivity contribution is 6.30. The average molecular weight is 332 g/mol. The summed E-state index contributed by atoms with van der Waals surface area (Å²) in [5.74, 6) is 0.426. The van der Waals surface area contributed by atoms with E-state index in [-0.39, 0.29) is 36.1 Å². The molecule has 1 aromatic carbocycles. The molecule has 0 bridgehead atoms.